The second-order valence-electron chi connectivity index (χ2n) is 6.76. The number of hydrogen-bond acceptors (Lipinski definition) is 4. The molecule has 0 saturated heterocycles. The van der Waals surface area contributed by atoms with Crippen molar-refractivity contribution in [3.8, 4) is 11.5 Å². The predicted molar refractivity (Wildman–Crippen MR) is 102 cm³/mol. The molecule has 2 aromatic rings. The highest BCUT2D eigenvalue weighted by Crippen LogP contribution is 2.33. The van der Waals surface area contributed by atoms with E-state index in [2.05, 4.69) is 13.8 Å². The van der Waals surface area contributed by atoms with Crippen LogP contribution < -0.4 is 4.74 Å². The van der Waals surface area contributed by atoms with Crippen LogP contribution in [0.25, 0.3) is 0 Å². The molecule has 0 unspecified atom stereocenters. The molecule has 0 amide bonds. The molecule has 4 nitrogen and oxygen atoms in total. The van der Waals surface area contributed by atoms with Crippen molar-refractivity contribution in [2.24, 2.45) is 0 Å². The van der Waals surface area contributed by atoms with Gasteiger partial charge in [-0.2, -0.15) is 0 Å². The molecular weight excluding hydrogens is 328 g/mol. The van der Waals surface area contributed by atoms with Gasteiger partial charge >= 0.3 is 5.97 Å². The molecule has 0 spiro atoms. The molecule has 4 heteroatoms. The van der Waals surface area contributed by atoms with Crippen molar-refractivity contribution in [3.05, 3.63) is 71.5 Å². The summed E-state index contributed by atoms with van der Waals surface area (Å²) < 4.78 is 10.6. The van der Waals surface area contributed by atoms with Crippen LogP contribution in [0.1, 0.15) is 45.2 Å². The number of phenols is 1. The van der Waals surface area contributed by atoms with Crippen molar-refractivity contribution in [3.63, 3.8) is 0 Å². The van der Waals surface area contributed by atoms with Crippen molar-refractivity contribution in [1.82, 2.24) is 0 Å². The fourth-order valence-corrected chi connectivity index (χ4v) is 2.52. The lowest BCUT2D eigenvalue weighted by atomic mass is 9.78. The summed E-state index contributed by atoms with van der Waals surface area (Å²) >= 11 is 0. The molecule has 0 bridgehead atoms. The van der Waals surface area contributed by atoms with Gasteiger partial charge in [0.05, 0.1) is 18.4 Å². The van der Waals surface area contributed by atoms with Gasteiger partial charge in [0.25, 0.3) is 0 Å². The van der Waals surface area contributed by atoms with Crippen LogP contribution in [0, 0.1) is 0 Å². The summed E-state index contributed by atoms with van der Waals surface area (Å²) in [6.07, 6.45) is 2.32. The second kappa shape index (κ2) is 8.56. The zero-order chi connectivity index (χ0) is 19.2. The van der Waals surface area contributed by atoms with Gasteiger partial charge < -0.3 is 14.6 Å². The van der Waals surface area contributed by atoms with Crippen molar-refractivity contribution >= 4 is 5.97 Å². The van der Waals surface area contributed by atoms with Crippen LogP contribution in [0.4, 0.5) is 0 Å². The van der Waals surface area contributed by atoms with Crippen LogP contribution in [0.3, 0.4) is 0 Å². The van der Waals surface area contributed by atoms with Gasteiger partial charge in [-0.1, -0.05) is 45.0 Å². The van der Waals surface area contributed by atoms with E-state index in [1.54, 1.807) is 31.2 Å². The van der Waals surface area contributed by atoms with Gasteiger partial charge in [0.15, 0.2) is 0 Å². The zero-order valence-electron chi connectivity index (χ0n) is 15.8. The Labute approximate surface area is 155 Å². The molecule has 138 valence electrons. The molecule has 0 radical (unpaired) electrons. The van der Waals surface area contributed by atoms with Crippen LogP contribution in [0.15, 0.2) is 60.4 Å². The van der Waals surface area contributed by atoms with E-state index in [1.807, 2.05) is 31.2 Å². The molecule has 0 atom stereocenters. The molecule has 0 saturated carbocycles. The minimum atomic E-state index is -0.424. The van der Waals surface area contributed by atoms with Crippen molar-refractivity contribution in [2.75, 3.05) is 6.61 Å². The third-order valence-corrected chi connectivity index (χ3v) is 4.28. The first-order valence-corrected chi connectivity index (χ1v) is 8.75. The number of esters is 1. The van der Waals surface area contributed by atoms with Gasteiger partial charge in [-0.05, 0) is 48.7 Å². The molecule has 0 aliphatic rings. The van der Waals surface area contributed by atoms with Gasteiger partial charge in [0.2, 0.25) is 0 Å². The summed E-state index contributed by atoms with van der Waals surface area (Å²) in [5.74, 6) is 0.313. The summed E-state index contributed by atoms with van der Waals surface area (Å²) in [6, 6.07) is 14.7. The fraction of sp³-hybridized carbons (Fsp3) is 0.318. The standard InChI is InChI=1S/C22H26O4/c1-5-14-25-15-16(2)21(24)26-20-12-8-18(9-13-20)22(3,4)17-6-10-19(23)11-7-17/h6-13,15,23H,5,14H2,1-4H3. The minimum Gasteiger partial charge on any atom is -0.508 e. The predicted octanol–water partition coefficient (Wildman–Crippen LogP) is 4.95. The van der Waals surface area contributed by atoms with Crippen LogP contribution in [-0.2, 0) is 14.9 Å². The largest absolute Gasteiger partial charge is 0.508 e. The summed E-state index contributed by atoms with van der Waals surface area (Å²) in [6.45, 7) is 8.46. The van der Waals surface area contributed by atoms with E-state index in [1.165, 1.54) is 6.26 Å². The Morgan fingerprint density at radius 3 is 2.12 bits per heavy atom. The molecule has 1 N–H and O–H groups in total. The van der Waals surface area contributed by atoms with Crippen LogP contribution >= 0.6 is 0 Å². The molecule has 0 aliphatic carbocycles. The number of carbonyl (C=O) groups is 1. The highest BCUT2D eigenvalue weighted by molar-refractivity contribution is 5.89. The minimum absolute atomic E-state index is 0.236. The lowest BCUT2D eigenvalue weighted by Crippen LogP contribution is -2.18. The van der Waals surface area contributed by atoms with E-state index < -0.39 is 5.97 Å². The number of ether oxygens (including phenoxy) is 2. The maximum Gasteiger partial charge on any atom is 0.342 e. The third-order valence-electron chi connectivity index (χ3n) is 4.28. The van der Waals surface area contributed by atoms with E-state index in [0.29, 0.717) is 17.9 Å². The number of aromatic hydroxyl groups is 1. The summed E-state index contributed by atoms with van der Waals surface area (Å²) in [4.78, 5) is 12.0. The van der Waals surface area contributed by atoms with Gasteiger partial charge in [0.1, 0.15) is 11.5 Å². The first-order chi connectivity index (χ1) is 12.3. The Bertz CT molecular complexity index is 756. The summed E-state index contributed by atoms with van der Waals surface area (Å²) in [7, 11) is 0. The lowest BCUT2D eigenvalue weighted by Gasteiger charge is -2.26. The van der Waals surface area contributed by atoms with Crippen molar-refractivity contribution in [2.45, 2.75) is 39.5 Å². The van der Waals surface area contributed by atoms with E-state index in [4.69, 9.17) is 9.47 Å². The first-order valence-electron chi connectivity index (χ1n) is 8.75. The first kappa shape index (κ1) is 19.6. The van der Waals surface area contributed by atoms with Gasteiger partial charge in [-0.25, -0.2) is 4.79 Å². The van der Waals surface area contributed by atoms with Crippen molar-refractivity contribution < 1.29 is 19.4 Å². The summed E-state index contributed by atoms with van der Waals surface area (Å²) in [5, 5.41) is 9.46. The van der Waals surface area contributed by atoms with Crippen LogP contribution in [0.5, 0.6) is 11.5 Å². The highest BCUT2D eigenvalue weighted by atomic mass is 16.5. The average Bonchev–Trinajstić information content (AvgIpc) is 2.62. The quantitative estimate of drug-likeness (QED) is 0.251. The molecule has 2 rings (SSSR count). The topological polar surface area (TPSA) is 55.8 Å². The molecule has 0 fully saturated rings. The maximum atomic E-state index is 12.0. The lowest BCUT2D eigenvalue weighted by molar-refractivity contribution is -0.130. The monoisotopic (exact) mass is 354 g/mol. The van der Waals surface area contributed by atoms with E-state index >= 15 is 0 Å². The van der Waals surface area contributed by atoms with Crippen LogP contribution in [-0.4, -0.2) is 17.7 Å². The highest BCUT2D eigenvalue weighted by Gasteiger charge is 2.23. The Morgan fingerprint density at radius 2 is 1.58 bits per heavy atom. The molecular formula is C22H26O4. The van der Waals surface area contributed by atoms with Crippen LogP contribution in [0.2, 0.25) is 0 Å². The molecule has 0 aromatic heterocycles. The van der Waals surface area contributed by atoms with E-state index in [0.717, 1.165) is 17.5 Å². The SMILES string of the molecule is CCCOC=C(C)C(=O)Oc1ccc(C(C)(C)c2ccc(O)cc2)cc1. The van der Waals surface area contributed by atoms with Gasteiger partial charge in [-0.3, -0.25) is 0 Å². The van der Waals surface area contributed by atoms with Gasteiger partial charge in [0, 0.05) is 5.41 Å². The smallest absolute Gasteiger partial charge is 0.342 e. The molecule has 0 heterocycles. The number of hydrogen-bond donors (Lipinski definition) is 1. The number of carbonyl (C=O) groups excluding carboxylic acids is 1. The molecule has 0 aliphatic heterocycles. The van der Waals surface area contributed by atoms with E-state index in [9.17, 15) is 9.90 Å². The maximum absolute atomic E-state index is 12.0. The Balaban J connectivity index is 2.09. The zero-order valence-corrected chi connectivity index (χ0v) is 15.8. The molecule has 26 heavy (non-hydrogen) atoms. The summed E-state index contributed by atoms with van der Waals surface area (Å²) in [5.41, 5.74) is 2.36. The number of rotatable bonds is 7. The third kappa shape index (κ3) is 4.88. The van der Waals surface area contributed by atoms with Gasteiger partial charge in [-0.15, -0.1) is 0 Å². The second-order valence-corrected chi connectivity index (χ2v) is 6.76. The Morgan fingerprint density at radius 1 is 1.04 bits per heavy atom. The number of phenolic OH excluding ortho intramolecular Hbond substituents is 1. The normalized spacial score (nSPS) is 11.9. The Kier molecular flexibility index (Phi) is 6.45. The average molecular weight is 354 g/mol. The fourth-order valence-electron chi connectivity index (χ4n) is 2.52. The van der Waals surface area contributed by atoms with E-state index in [-0.39, 0.29) is 11.2 Å². The number of benzene rings is 2. The Hall–Kier alpha value is -2.75. The molecule has 2 aromatic carbocycles. The van der Waals surface area contributed by atoms with Crippen molar-refractivity contribution in [1.29, 1.82) is 0 Å².